The monoisotopic (exact) mass is 511 g/mol. The summed E-state index contributed by atoms with van der Waals surface area (Å²) in [6.45, 7) is 4.12. The summed E-state index contributed by atoms with van der Waals surface area (Å²) in [5, 5.41) is 0. The molecule has 0 amide bonds. The molecule has 1 aliphatic heterocycles. The highest BCUT2D eigenvalue weighted by Crippen LogP contribution is 2.56. The lowest BCUT2D eigenvalue weighted by atomic mass is 9.79. The SMILES string of the molecule is COc1ccc2c(c1)CCC1=C2C(c2ccc(OCCN3CCCCC3)cc2)c2cc(OC)c(OC)cc21. The number of aryl methyl sites for hydroxylation is 1. The van der Waals surface area contributed by atoms with Crippen LogP contribution in [0.1, 0.15) is 59.4 Å². The predicted molar refractivity (Wildman–Crippen MR) is 152 cm³/mol. The van der Waals surface area contributed by atoms with Crippen LogP contribution in [0.4, 0.5) is 0 Å². The van der Waals surface area contributed by atoms with Gasteiger partial charge in [-0.15, -0.1) is 0 Å². The highest BCUT2D eigenvalue weighted by Gasteiger charge is 2.37. The molecule has 5 heteroatoms. The molecule has 0 bridgehead atoms. The van der Waals surface area contributed by atoms with Gasteiger partial charge in [-0.2, -0.15) is 0 Å². The molecule has 0 spiro atoms. The van der Waals surface area contributed by atoms with Gasteiger partial charge in [-0.25, -0.2) is 0 Å². The van der Waals surface area contributed by atoms with Gasteiger partial charge in [0.05, 0.1) is 21.3 Å². The number of hydrogen-bond donors (Lipinski definition) is 0. The van der Waals surface area contributed by atoms with Crippen LogP contribution in [0.2, 0.25) is 0 Å². The fraction of sp³-hybridized carbons (Fsp3) is 0.394. The molecule has 6 rings (SSSR count). The third-order valence-electron chi connectivity index (χ3n) is 8.39. The quantitative estimate of drug-likeness (QED) is 0.342. The molecule has 3 aromatic carbocycles. The number of piperidine rings is 1. The lowest BCUT2D eigenvalue weighted by Gasteiger charge is -2.26. The number of nitrogens with zero attached hydrogens (tertiary/aromatic N) is 1. The van der Waals surface area contributed by atoms with Gasteiger partial charge in [-0.05, 0) is 114 Å². The Hall–Kier alpha value is -3.44. The van der Waals surface area contributed by atoms with Crippen molar-refractivity contribution in [3.05, 3.63) is 82.4 Å². The fourth-order valence-electron chi connectivity index (χ4n) is 6.46. The molecule has 3 aliphatic rings. The zero-order chi connectivity index (χ0) is 26.1. The lowest BCUT2D eigenvalue weighted by Crippen LogP contribution is -2.33. The number of rotatable bonds is 8. The maximum Gasteiger partial charge on any atom is 0.161 e. The van der Waals surface area contributed by atoms with Crippen molar-refractivity contribution < 1.29 is 18.9 Å². The van der Waals surface area contributed by atoms with Gasteiger partial charge in [0.25, 0.3) is 0 Å². The molecular formula is C33H37NO4. The van der Waals surface area contributed by atoms with Crippen LogP contribution in [0.5, 0.6) is 23.0 Å². The van der Waals surface area contributed by atoms with Crippen LogP contribution in [0.3, 0.4) is 0 Å². The summed E-state index contributed by atoms with van der Waals surface area (Å²) >= 11 is 0. The van der Waals surface area contributed by atoms with Crippen molar-refractivity contribution >= 4 is 11.1 Å². The second-order valence-electron chi connectivity index (χ2n) is 10.5. The average Bonchev–Trinajstić information content (AvgIpc) is 3.30. The summed E-state index contributed by atoms with van der Waals surface area (Å²) in [7, 11) is 5.15. The van der Waals surface area contributed by atoms with Gasteiger partial charge in [0.1, 0.15) is 18.1 Å². The Morgan fingerprint density at radius 1 is 0.737 bits per heavy atom. The molecule has 0 N–H and O–H groups in total. The fourth-order valence-corrected chi connectivity index (χ4v) is 6.46. The first kappa shape index (κ1) is 24.9. The van der Waals surface area contributed by atoms with Crippen molar-refractivity contribution in [2.45, 2.75) is 38.0 Å². The molecular weight excluding hydrogens is 474 g/mol. The van der Waals surface area contributed by atoms with Crippen LogP contribution in [0.15, 0.2) is 54.6 Å². The molecule has 1 saturated heterocycles. The Bertz CT molecular complexity index is 1340. The topological polar surface area (TPSA) is 40.2 Å². The summed E-state index contributed by atoms with van der Waals surface area (Å²) in [6, 6.07) is 19.6. The van der Waals surface area contributed by atoms with E-state index in [1.54, 1.807) is 21.3 Å². The molecule has 1 heterocycles. The number of ether oxygens (including phenoxy) is 4. The van der Waals surface area contributed by atoms with E-state index in [2.05, 4.69) is 59.5 Å². The molecule has 2 aliphatic carbocycles. The Morgan fingerprint density at radius 3 is 2.21 bits per heavy atom. The summed E-state index contributed by atoms with van der Waals surface area (Å²) in [6.07, 6.45) is 5.96. The maximum atomic E-state index is 6.15. The molecule has 5 nitrogen and oxygen atoms in total. The van der Waals surface area contributed by atoms with E-state index in [0.717, 1.165) is 49.0 Å². The highest BCUT2D eigenvalue weighted by molar-refractivity contribution is 6.03. The first-order valence-electron chi connectivity index (χ1n) is 13.8. The number of allylic oxidation sites excluding steroid dienone is 2. The van der Waals surface area contributed by atoms with E-state index in [1.807, 2.05) is 0 Å². The van der Waals surface area contributed by atoms with Crippen LogP contribution in [0, 0.1) is 0 Å². The van der Waals surface area contributed by atoms with E-state index in [4.69, 9.17) is 18.9 Å². The van der Waals surface area contributed by atoms with Crippen molar-refractivity contribution in [2.75, 3.05) is 47.6 Å². The highest BCUT2D eigenvalue weighted by atomic mass is 16.5. The second kappa shape index (κ2) is 10.7. The number of benzene rings is 3. The minimum Gasteiger partial charge on any atom is -0.497 e. The predicted octanol–water partition coefficient (Wildman–Crippen LogP) is 6.58. The Morgan fingerprint density at radius 2 is 1.47 bits per heavy atom. The number of fused-ring (bicyclic) bond motifs is 4. The normalized spacial score (nSPS) is 18.4. The first-order chi connectivity index (χ1) is 18.7. The van der Waals surface area contributed by atoms with E-state index >= 15 is 0 Å². The molecule has 198 valence electrons. The molecule has 0 radical (unpaired) electrons. The third-order valence-corrected chi connectivity index (χ3v) is 8.39. The molecule has 1 atom stereocenters. The summed E-state index contributed by atoms with van der Waals surface area (Å²) in [5.74, 6) is 3.50. The lowest BCUT2D eigenvalue weighted by molar-refractivity contribution is 0.183. The second-order valence-corrected chi connectivity index (χ2v) is 10.5. The average molecular weight is 512 g/mol. The van der Waals surface area contributed by atoms with E-state index in [9.17, 15) is 0 Å². The van der Waals surface area contributed by atoms with E-state index in [1.165, 1.54) is 71.3 Å². The summed E-state index contributed by atoms with van der Waals surface area (Å²) < 4.78 is 23.1. The Balaban J connectivity index is 1.34. The molecule has 0 saturated carbocycles. The largest absolute Gasteiger partial charge is 0.497 e. The van der Waals surface area contributed by atoms with Gasteiger partial charge in [0.15, 0.2) is 11.5 Å². The van der Waals surface area contributed by atoms with Crippen molar-refractivity contribution in [2.24, 2.45) is 0 Å². The van der Waals surface area contributed by atoms with Gasteiger partial charge in [-0.3, -0.25) is 4.90 Å². The molecule has 1 fully saturated rings. The van der Waals surface area contributed by atoms with E-state index < -0.39 is 0 Å². The summed E-state index contributed by atoms with van der Waals surface area (Å²) in [4.78, 5) is 2.51. The van der Waals surface area contributed by atoms with Gasteiger partial charge < -0.3 is 18.9 Å². The number of methoxy groups -OCH3 is 3. The smallest absolute Gasteiger partial charge is 0.161 e. The number of hydrogen-bond acceptors (Lipinski definition) is 5. The van der Waals surface area contributed by atoms with Crippen LogP contribution in [-0.2, 0) is 6.42 Å². The van der Waals surface area contributed by atoms with Gasteiger partial charge in [0.2, 0.25) is 0 Å². The first-order valence-corrected chi connectivity index (χ1v) is 13.8. The van der Waals surface area contributed by atoms with Gasteiger partial charge >= 0.3 is 0 Å². The van der Waals surface area contributed by atoms with Gasteiger partial charge in [0, 0.05) is 12.5 Å². The van der Waals surface area contributed by atoms with Crippen LogP contribution >= 0.6 is 0 Å². The van der Waals surface area contributed by atoms with Crippen LogP contribution in [0.25, 0.3) is 11.1 Å². The van der Waals surface area contributed by atoms with Crippen molar-refractivity contribution in [3.8, 4) is 23.0 Å². The maximum absolute atomic E-state index is 6.15. The third kappa shape index (κ3) is 4.54. The van der Waals surface area contributed by atoms with Crippen molar-refractivity contribution in [3.63, 3.8) is 0 Å². The zero-order valence-corrected chi connectivity index (χ0v) is 22.7. The molecule has 38 heavy (non-hydrogen) atoms. The Kier molecular flexibility index (Phi) is 7.03. The zero-order valence-electron chi connectivity index (χ0n) is 22.7. The van der Waals surface area contributed by atoms with Gasteiger partial charge in [-0.1, -0.05) is 24.6 Å². The minimum atomic E-state index is 0.120. The molecule has 3 aromatic rings. The molecule has 1 unspecified atom stereocenters. The van der Waals surface area contributed by atoms with E-state index in [0.29, 0.717) is 0 Å². The van der Waals surface area contributed by atoms with Crippen LogP contribution < -0.4 is 18.9 Å². The minimum absolute atomic E-state index is 0.120. The van der Waals surface area contributed by atoms with E-state index in [-0.39, 0.29) is 5.92 Å². The van der Waals surface area contributed by atoms with Crippen LogP contribution in [-0.4, -0.2) is 52.5 Å². The number of likely N-dealkylation sites (tertiary alicyclic amines) is 1. The van der Waals surface area contributed by atoms with Crippen molar-refractivity contribution in [1.29, 1.82) is 0 Å². The van der Waals surface area contributed by atoms with Crippen molar-refractivity contribution in [1.82, 2.24) is 4.90 Å². The summed E-state index contributed by atoms with van der Waals surface area (Å²) in [5.41, 5.74) is 9.26. The standard InChI is InChI=1S/C33H37NO4/c1-35-25-12-14-26-23(19-25)9-13-27-28-20-30(36-2)31(37-3)21-29(28)32(33(26)27)22-7-10-24(11-8-22)38-18-17-34-15-5-4-6-16-34/h7-8,10-12,14,19-21,32H,4-6,9,13,15-18H2,1-3H3. The molecule has 0 aromatic heterocycles. The Labute approximate surface area is 226 Å².